The first-order chi connectivity index (χ1) is 6.38. The van der Waals surface area contributed by atoms with Gasteiger partial charge in [0.05, 0.1) is 6.10 Å². The van der Waals surface area contributed by atoms with Gasteiger partial charge in [-0.3, -0.25) is 0 Å². The average molecular weight is 214 g/mol. The van der Waals surface area contributed by atoms with Gasteiger partial charge >= 0.3 is 0 Å². The predicted octanol–water partition coefficient (Wildman–Crippen LogP) is 2.92. The van der Waals surface area contributed by atoms with Gasteiger partial charge in [0, 0.05) is 4.88 Å². The highest BCUT2D eigenvalue weighted by atomic mass is 32.2. The minimum atomic E-state index is -0.208. The summed E-state index contributed by atoms with van der Waals surface area (Å²) >= 11 is 3.67. The van der Waals surface area contributed by atoms with Crippen LogP contribution in [-0.2, 0) is 0 Å². The summed E-state index contributed by atoms with van der Waals surface area (Å²) < 4.78 is 0. The molecular formula is C10H14OS2. The summed E-state index contributed by atoms with van der Waals surface area (Å²) in [5, 5.41) is 12.1. The molecule has 0 saturated carbocycles. The van der Waals surface area contributed by atoms with Gasteiger partial charge in [-0.1, -0.05) is 6.07 Å². The molecule has 1 aliphatic heterocycles. The largest absolute Gasteiger partial charge is 0.387 e. The molecular weight excluding hydrogens is 200 g/mol. The second-order valence-corrected chi connectivity index (χ2v) is 5.61. The number of hydrogen-bond donors (Lipinski definition) is 1. The van der Waals surface area contributed by atoms with Gasteiger partial charge in [-0.15, -0.1) is 11.3 Å². The Labute approximate surface area is 87.2 Å². The molecule has 1 fully saturated rings. The number of rotatable bonds is 2. The number of thioether (sulfide) groups is 1. The zero-order chi connectivity index (χ0) is 9.10. The van der Waals surface area contributed by atoms with Gasteiger partial charge in [0.2, 0.25) is 0 Å². The van der Waals surface area contributed by atoms with E-state index in [0.29, 0.717) is 5.92 Å². The summed E-state index contributed by atoms with van der Waals surface area (Å²) in [6, 6.07) is 4.05. The molecule has 13 heavy (non-hydrogen) atoms. The number of aliphatic hydroxyl groups is 1. The standard InChI is InChI=1S/C10H14OS2/c11-10(9-2-1-5-13-9)8-3-6-12-7-4-8/h1-2,5,8,10-11H,3-4,6-7H2/t10-/m0/s1. The fraction of sp³-hybridized carbons (Fsp3) is 0.600. The van der Waals surface area contributed by atoms with Gasteiger partial charge in [-0.25, -0.2) is 0 Å². The van der Waals surface area contributed by atoms with E-state index in [4.69, 9.17) is 0 Å². The molecule has 0 aliphatic carbocycles. The zero-order valence-corrected chi connectivity index (χ0v) is 9.11. The Kier molecular flexibility index (Phi) is 3.30. The van der Waals surface area contributed by atoms with Gasteiger partial charge in [-0.05, 0) is 41.7 Å². The fourth-order valence-electron chi connectivity index (χ4n) is 1.72. The third-order valence-electron chi connectivity index (χ3n) is 2.55. The monoisotopic (exact) mass is 214 g/mol. The molecule has 0 unspecified atom stereocenters. The van der Waals surface area contributed by atoms with Crippen LogP contribution < -0.4 is 0 Å². The van der Waals surface area contributed by atoms with E-state index in [-0.39, 0.29) is 6.10 Å². The maximum absolute atomic E-state index is 10.0. The molecule has 1 atom stereocenters. The summed E-state index contributed by atoms with van der Waals surface area (Å²) in [6.07, 6.45) is 2.13. The van der Waals surface area contributed by atoms with Crippen LogP contribution in [0.3, 0.4) is 0 Å². The molecule has 1 N–H and O–H groups in total. The summed E-state index contributed by atoms with van der Waals surface area (Å²) in [6.45, 7) is 0. The van der Waals surface area contributed by atoms with Crippen molar-refractivity contribution in [3.8, 4) is 0 Å². The summed E-state index contributed by atoms with van der Waals surface area (Å²) in [5.41, 5.74) is 0. The van der Waals surface area contributed by atoms with E-state index >= 15 is 0 Å². The van der Waals surface area contributed by atoms with Crippen molar-refractivity contribution >= 4 is 23.1 Å². The van der Waals surface area contributed by atoms with Crippen molar-refractivity contribution in [3.63, 3.8) is 0 Å². The van der Waals surface area contributed by atoms with Gasteiger partial charge in [0.25, 0.3) is 0 Å². The van der Waals surface area contributed by atoms with Crippen molar-refractivity contribution in [2.75, 3.05) is 11.5 Å². The predicted molar refractivity (Wildman–Crippen MR) is 59.3 cm³/mol. The maximum Gasteiger partial charge on any atom is 0.0910 e. The van der Waals surface area contributed by atoms with E-state index in [2.05, 4.69) is 0 Å². The normalized spacial score (nSPS) is 21.6. The van der Waals surface area contributed by atoms with Crippen LogP contribution in [0.15, 0.2) is 17.5 Å². The lowest BCUT2D eigenvalue weighted by Gasteiger charge is -2.25. The van der Waals surface area contributed by atoms with Crippen LogP contribution >= 0.6 is 23.1 Å². The SMILES string of the molecule is O[C@H](c1cccs1)C1CCSCC1. The van der Waals surface area contributed by atoms with E-state index < -0.39 is 0 Å². The van der Waals surface area contributed by atoms with E-state index in [1.54, 1.807) is 11.3 Å². The smallest absolute Gasteiger partial charge is 0.0910 e. The molecule has 1 aliphatic rings. The first-order valence-corrected chi connectivity index (χ1v) is 6.70. The molecule has 2 rings (SSSR count). The van der Waals surface area contributed by atoms with Crippen LogP contribution in [0, 0.1) is 5.92 Å². The molecule has 2 heterocycles. The summed E-state index contributed by atoms with van der Waals surface area (Å²) in [5.74, 6) is 2.93. The fourth-order valence-corrected chi connectivity index (χ4v) is 3.67. The lowest BCUT2D eigenvalue weighted by atomic mass is 9.95. The molecule has 72 valence electrons. The van der Waals surface area contributed by atoms with Crippen LogP contribution in [0.5, 0.6) is 0 Å². The second kappa shape index (κ2) is 4.49. The highest BCUT2D eigenvalue weighted by Crippen LogP contribution is 2.34. The Morgan fingerprint density at radius 3 is 2.77 bits per heavy atom. The number of thiophene rings is 1. The van der Waals surface area contributed by atoms with Crippen LogP contribution in [0.4, 0.5) is 0 Å². The lowest BCUT2D eigenvalue weighted by Crippen LogP contribution is -2.17. The first kappa shape index (κ1) is 9.56. The molecule has 0 radical (unpaired) electrons. The number of hydrogen-bond acceptors (Lipinski definition) is 3. The molecule has 1 saturated heterocycles. The average Bonchev–Trinajstić information content (AvgIpc) is 2.71. The van der Waals surface area contributed by atoms with Crippen LogP contribution in [0.2, 0.25) is 0 Å². The van der Waals surface area contributed by atoms with Crippen molar-refractivity contribution in [2.45, 2.75) is 18.9 Å². The Balaban J connectivity index is 1.99. The maximum atomic E-state index is 10.0. The third kappa shape index (κ3) is 2.27. The minimum absolute atomic E-state index is 0.208. The second-order valence-electron chi connectivity index (χ2n) is 3.41. The topological polar surface area (TPSA) is 20.2 Å². The number of aliphatic hydroxyl groups excluding tert-OH is 1. The van der Waals surface area contributed by atoms with Crippen LogP contribution in [0.25, 0.3) is 0 Å². The summed E-state index contributed by atoms with van der Waals surface area (Å²) in [4.78, 5) is 1.14. The minimum Gasteiger partial charge on any atom is -0.387 e. The van der Waals surface area contributed by atoms with Gasteiger partial charge in [0.1, 0.15) is 0 Å². The first-order valence-electron chi connectivity index (χ1n) is 4.67. The Morgan fingerprint density at radius 1 is 1.38 bits per heavy atom. The van der Waals surface area contributed by atoms with Gasteiger partial charge < -0.3 is 5.11 Å². The molecule has 0 bridgehead atoms. The van der Waals surface area contributed by atoms with Crippen molar-refractivity contribution < 1.29 is 5.11 Å². The van der Waals surface area contributed by atoms with E-state index in [9.17, 15) is 5.11 Å². The lowest BCUT2D eigenvalue weighted by molar-refractivity contribution is 0.106. The van der Waals surface area contributed by atoms with Gasteiger partial charge in [0.15, 0.2) is 0 Å². The molecule has 0 spiro atoms. The third-order valence-corrected chi connectivity index (χ3v) is 4.54. The van der Waals surface area contributed by atoms with Crippen LogP contribution in [-0.4, -0.2) is 16.6 Å². The molecule has 1 nitrogen and oxygen atoms in total. The van der Waals surface area contributed by atoms with Crippen LogP contribution in [0.1, 0.15) is 23.8 Å². The Hall–Kier alpha value is 0.01000. The highest BCUT2D eigenvalue weighted by Gasteiger charge is 2.23. The Bertz CT molecular complexity index is 239. The van der Waals surface area contributed by atoms with Crippen molar-refractivity contribution in [3.05, 3.63) is 22.4 Å². The molecule has 0 aromatic carbocycles. The van der Waals surface area contributed by atoms with Crippen molar-refractivity contribution in [2.24, 2.45) is 5.92 Å². The molecule has 0 amide bonds. The van der Waals surface area contributed by atoms with Crippen molar-refractivity contribution in [1.29, 1.82) is 0 Å². The van der Waals surface area contributed by atoms with E-state index in [0.717, 1.165) is 4.88 Å². The van der Waals surface area contributed by atoms with Gasteiger partial charge in [-0.2, -0.15) is 11.8 Å². The highest BCUT2D eigenvalue weighted by molar-refractivity contribution is 7.99. The van der Waals surface area contributed by atoms with E-state index in [1.165, 1.54) is 24.3 Å². The molecule has 1 aromatic rings. The van der Waals surface area contributed by atoms with Crippen molar-refractivity contribution in [1.82, 2.24) is 0 Å². The quantitative estimate of drug-likeness (QED) is 0.817. The van der Waals surface area contributed by atoms with E-state index in [1.807, 2.05) is 29.3 Å². The molecule has 3 heteroatoms. The summed E-state index contributed by atoms with van der Waals surface area (Å²) in [7, 11) is 0. The Morgan fingerprint density at radius 2 is 2.15 bits per heavy atom. The zero-order valence-electron chi connectivity index (χ0n) is 7.48. The molecule has 1 aromatic heterocycles.